The van der Waals surface area contributed by atoms with E-state index in [1.807, 2.05) is 39.8 Å². The van der Waals surface area contributed by atoms with Crippen LogP contribution in [-0.2, 0) is 4.74 Å². The molecule has 20 heavy (non-hydrogen) atoms. The third-order valence-electron chi connectivity index (χ3n) is 3.19. The fraction of sp³-hybridized carbons (Fsp3) is 0.625. The number of ether oxygens (including phenoxy) is 1. The van der Waals surface area contributed by atoms with E-state index >= 15 is 0 Å². The van der Waals surface area contributed by atoms with Gasteiger partial charge in [-0.3, -0.25) is 0 Å². The molecule has 110 valence electrons. The normalized spacial score (nSPS) is 13.2. The van der Waals surface area contributed by atoms with E-state index in [1.54, 1.807) is 0 Å². The molecule has 0 saturated heterocycles. The lowest BCUT2D eigenvalue weighted by molar-refractivity contribution is -0.00288. The van der Waals surface area contributed by atoms with Crippen molar-refractivity contribution in [3.63, 3.8) is 0 Å². The third kappa shape index (κ3) is 5.45. The first kappa shape index (κ1) is 16.9. The van der Waals surface area contributed by atoms with Gasteiger partial charge in [-0.05, 0) is 64.2 Å². The van der Waals surface area contributed by atoms with E-state index < -0.39 is 0 Å². The van der Waals surface area contributed by atoms with Crippen molar-refractivity contribution in [1.29, 1.82) is 0 Å². The molecule has 1 aromatic carbocycles. The van der Waals surface area contributed by atoms with Crippen molar-refractivity contribution >= 4 is 19.2 Å². The second-order valence-electron chi connectivity index (χ2n) is 6.26. The number of benzene rings is 1. The van der Waals surface area contributed by atoms with Gasteiger partial charge in [-0.25, -0.2) is 0 Å². The standard InChI is InChI=1S/C16H27BN2O/c1-6-19(10-13(17)11-20-16(3,4)5)14-7-8-15(18)12(2)9-14/h7-9,13H,6,10-11,18H2,1-5H3. The average molecular weight is 274 g/mol. The predicted molar refractivity (Wildman–Crippen MR) is 88.7 cm³/mol. The van der Waals surface area contributed by atoms with Gasteiger partial charge in [0.2, 0.25) is 0 Å². The summed E-state index contributed by atoms with van der Waals surface area (Å²) in [4.78, 5) is 2.25. The van der Waals surface area contributed by atoms with Crippen LogP contribution in [-0.4, -0.2) is 33.1 Å². The minimum absolute atomic E-state index is 0.00738. The monoisotopic (exact) mass is 274 g/mol. The Bertz CT molecular complexity index is 429. The maximum Gasteiger partial charge on any atom is 0.0755 e. The molecule has 1 unspecified atom stereocenters. The molecule has 0 aliphatic heterocycles. The van der Waals surface area contributed by atoms with Gasteiger partial charge in [0.1, 0.15) is 0 Å². The summed E-state index contributed by atoms with van der Waals surface area (Å²) in [5, 5.41) is 0. The summed E-state index contributed by atoms with van der Waals surface area (Å²) in [5.74, 6) is -0.00738. The summed E-state index contributed by atoms with van der Waals surface area (Å²) in [6.45, 7) is 12.5. The summed E-state index contributed by atoms with van der Waals surface area (Å²) in [6, 6.07) is 6.10. The van der Waals surface area contributed by atoms with Crippen molar-refractivity contribution < 1.29 is 4.74 Å². The van der Waals surface area contributed by atoms with Gasteiger partial charge in [-0.15, -0.1) is 0 Å². The number of anilines is 2. The van der Waals surface area contributed by atoms with Crippen LogP contribution in [0.25, 0.3) is 0 Å². The van der Waals surface area contributed by atoms with Crippen LogP contribution >= 0.6 is 0 Å². The summed E-state index contributed by atoms with van der Waals surface area (Å²) in [6.07, 6.45) is 0. The minimum Gasteiger partial charge on any atom is -0.399 e. The summed E-state index contributed by atoms with van der Waals surface area (Å²) >= 11 is 0. The van der Waals surface area contributed by atoms with Crippen LogP contribution in [0, 0.1) is 6.92 Å². The van der Waals surface area contributed by atoms with Gasteiger partial charge in [0.05, 0.1) is 13.4 Å². The fourth-order valence-electron chi connectivity index (χ4n) is 1.97. The first-order valence-electron chi connectivity index (χ1n) is 7.23. The van der Waals surface area contributed by atoms with Gasteiger partial charge in [-0.2, -0.15) is 0 Å². The van der Waals surface area contributed by atoms with Gasteiger partial charge >= 0.3 is 0 Å². The molecule has 1 aromatic rings. The Morgan fingerprint density at radius 2 is 2.00 bits per heavy atom. The molecule has 0 fully saturated rings. The average Bonchev–Trinajstić information content (AvgIpc) is 2.36. The zero-order chi connectivity index (χ0) is 15.3. The molecule has 0 bridgehead atoms. The molecule has 0 saturated carbocycles. The zero-order valence-electron chi connectivity index (χ0n) is 13.4. The number of hydrogen-bond donors (Lipinski definition) is 1. The Morgan fingerprint density at radius 1 is 1.35 bits per heavy atom. The topological polar surface area (TPSA) is 38.5 Å². The second-order valence-corrected chi connectivity index (χ2v) is 6.26. The molecule has 0 aromatic heterocycles. The molecule has 2 N–H and O–H groups in total. The molecule has 1 rings (SSSR count). The van der Waals surface area contributed by atoms with Gasteiger partial charge in [-0.1, -0.05) is 0 Å². The van der Waals surface area contributed by atoms with E-state index in [9.17, 15) is 0 Å². The van der Waals surface area contributed by atoms with Gasteiger partial charge in [0, 0.05) is 31.1 Å². The maximum absolute atomic E-state index is 6.17. The number of aryl methyl sites for hydroxylation is 1. The molecule has 1 atom stereocenters. The highest BCUT2D eigenvalue weighted by Gasteiger charge is 2.15. The Balaban J connectivity index is 2.64. The number of nitrogens with zero attached hydrogens (tertiary/aromatic N) is 1. The molecule has 0 spiro atoms. The van der Waals surface area contributed by atoms with Crippen molar-refractivity contribution in [1.82, 2.24) is 0 Å². The Labute approximate surface area is 124 Å². The molecule has 2 radical (unpaired) electrons. The number of nitrogen functional groups attached to an aromatic ring is 1. The SMILES string of the molecule is [B]C(COC(C)(C)C)CN(CC)c1ccc(N)c(C)c1. The lowest BCUT2D eigenvalue weighted by atomic mass is 9.87. The molecule has 3 nitrogen and oxygen atoms in total. The first-order valence-corrected chi connectivity index (χ1v) is 7.23. The quantitative estimate of drug-likeness (QED) is 0.639. The van der Waals surface area contributed by atoms with Crippen LogP contribution in [0.15, 0.2) is 18.2 Å². The molecule has 0 heterocycles. The van der Waals surface area contributed by atoms with Crippen LogP contribution in [0.5, 0.6) is 0 Å². The summed E-state index contributed by atoms with van der Waals surface area (Å²) in [5.41, 5.74) is 8.80. The van der Waals surface area contributed by atoms with Crippen LogP contribution in [0.3, 0.4) is 0 Å². The summed E-state index contributed by atoms with van der Waals surface area (Å²) < 4.78 is 5.74. The highest BCUT2D eigenvalue weighted by atomic mass is 16.5. The van der Waals surface area contributed by atoms with Crippen LogP contribution < -0.4 is 10.6 Å². The molecule has 0 aliphatic rings. The van der Waals surface area contributed by atoms with Gasteiger partial charge in [0.15, 0.2) is 0 Å². The molecular weight excluding hydrogens is 247 g/mol. The summed E-state index contributed by atoms with van der Waals surface area (Å²) in [7, 11) is 6.17. The van der Waals surface area contributed by atoms with E-state index in [2.05, 4.69) is 17.9 Å². The Kier molecular flexibility index (Phi) is 5.94. The molecule has 4 heteroatoms. The van der Waals surface area contributed by atoms with Crippen molar-refractivity contribution in [2.75, 3.05) is 30.3 Å². The lowest BCUT2D eigenvalue weighted by Gasteiger charge is -2.29. The Hall–Kier alpha value is -1.16. The smallest absolute Gasteiger partial charge is 0.0755 e. The van der Waals surface area contributed by atoms with Crippen molar-refractivity contribution in [2.24, 2.45) is 0 Å². The first-order chi connectivity index (χ1) is 9.23. The number of nitrogens with two attached hydrogens (primary N) is 1. The lowest BCUT2D eigenvalue weighted by Crippen LogP contribution is -2.31. The van der Waals surface area contributed by atoms with E-state index in [0.717, 1.165) is 30.0 Å². The highest BCUT2D eigenvalue weighted by molar-refractivity contribution is 6.12. The fourth-order valence-corrected chi connectivity index (χ4v) is 1.97. The second kappa shape index (κ2) is 7.03. The van der Waals surface area contributed by atoms with Crippen molar-refractivity contribution in [2.45, 2.75) is 46.0 Å². The molecule has 0 amide bonds. The van der Waals surface area contributed by atoms with Gasteiger partial charge < -0.3 is 15.4 Å². The van der Waals surface area contributed by atoms with Crippen molar-refractivity contribution in [3.8, 4) is 0 Å². The number of hydrogen-bond acceptors (Lipinski definition) is 3. The van der Waals surface area contributed by atoms with Crippen molar-refractivity contribution in [3.05, 3.63) is 23.8 Å². The molecule has 0 aliphatic carbocycles. The van der Waals surface area contributed by atoms with E-state index in [-0.39, 0.29) is 11.4 Å². The van der Waals surface area contributed by atoms with Crippen LogP contribution in [0.4, 0.5) is 11.4 Å². The number of rotatable bonds is 6. The predicted octanol–water partition coefficient (Wildman–Crippen LogP) is 3.18. The van der Waals surface area contributed by atoms with Crippen LogP contribution in [0.2, 0.25) is 5.82 Å². The van der Waals surface area contributed by atoms with E-state index in [4.69, 9.17) is 18.3 Å². The zero-order valence-corrected chi connectivity index (χ0v) is 13.4. The third-order valence-corrected chi connectivity index (χ3v) is 3.19. The minimum atomic E-state index is -0.146. The van der Waals surface area contributed by atoms with Gasteiger partial charge in [0.25, 0.3) is 0 Å². The Morgan fingerprint density at radius 3 is 2.50 bits per heavy atom. The largest absolute Gasteiger partial charge is 0.399 e. The van der Waals surface area contributed by atoms with E-state index in [0.29, 0.717) is 6.61 Å². The highest BCUT2D eigenvalue weighted by Crippen LogP contribution is 2.22. The van der Waals surface area contributed by atoms with E-state index in [1.165, 1.54) is 0 Å². The maximum atomic E-state index is 6.17. The molecular formula is C16H27BN2O. The van der Waals surface area contributed by atoms with Crippen LogP contribution in [0.1, 0.15) is 33.3 Å².